The molecule has 6 heteroatoms. The van der Waals surface area contributed by atoms with Crippen molar-refractivity contribution in [3.63, 3.8) is 0 Å². The van der Waals surface area contributed by atoms with E-state index in [4.69, 9.17) is 9.88 Å². The van der Waals surface area contributed by atoms with Crippen molar-refractivity contribution in [3.8, 4) is 5.75 Å². The van der Waals surface area contributed by atoms with Crippen molar-refractivity contribution in [2.45, 2.75) is 6.92 Å². The van der Waals surface area contributed by atoms with Crippen molar-refractivity contribution in [3.05, 3.63) is 29.8 Å². The lowest BCUT2D eigenvalue weighted by atomic mass is 10.2. The normalized spacial score (nSPS) is 11.3. The summed E-state index contributed by atoms with van der Waals surface area (Å²) in [5.41, 5.74) is 1.01. The van der Waals surface area contributed by atoms with Gasteiger partial charge in [0.1, 0.15) is 12.4 Å². The van der Waals surface area contributed by atoms with Crippen molar-refractivity contribution < 1.29 is 13.2 Å². The Morgan fingerprint density at radius 1 is 1.40 bits per heavy atom. The van der Waals surface area contributed by atoms with Crippen LogP contribution in [0.25, 0.3) is 0 Å². The van der Waals surface area contributed by atoms with Gasteiger partial charge in [0, 0.05) is 6.54 Å². The van der Waals surface area contributed by atoms with Crippen molar-refractivity contribution in [1.82, 2.24) is 4.72 Å². The first-order valence-corrected chi connectivity index (χ1v) is 5.99. The minimum Gasteiger partial charge on any atom is -0.492 e. The molecule has 3 N–H and O–H groups in total. The molecule has 0 saturated carbocycles. The molecule has 0 radical (unpaired) electrons. The van der Waals surface area contributed by atoms with Crippen LogP contribution >= 0.6 is 0 Å². The largest absolute Gasteiger partial charge is 0.492 e. The zero-order valence-corrected chi connectivity index (χ0v) is 9.25. The smallest absolute Gasteiger partial charge is 0.274 e. The molecule has 0 spiro atoms. The lowest BCUT2D eigenvalue weighted by Crippen LogP contribution is -2.33. The van der Waals surface area contributed by atoms with E-state index >= 15 is 0 Å². The first kappa shape index (κ1) is 12.0. The van der Waals surface area contributed by atoms with Crippen molar-refractivity contribution in [2.75, 3.05) is 13.2 Å². The molecule has 0 heterocycles. The predicted octanol–water partition coefficient (Wildman–Crippen LogP) is 0.167. The fourth-order valence-corrected chi connectivity index (χ4v) is 1.43. The Labute approximate surface area is 89.4 Å². The average Bonchev–Trinajstić information content (AvgIpc) is 2.13. The monoisotopic (exact) mass is 230 g/mol. The Hall–Kier alpha value is -1.11. The summed E-state index contributed by atoms with van der Waals surface area (Å²) in [6, 6.07) is 7.51. The number of ether oxygens (including phenoxy) is 1. The van der Waals surface area contributed by atoms with Crippen molar-refractivity contribution in [1.29, 1.82) is 0 Å². The van der Waals surface area contributed by atoms with Crippen LogP contribution in [0.1, 0.15) is 5.56 Å². The van der Waals surface area contributed by atoms with Gasteiger partial charge in [-0.15, -0.1) is 0 Å². The molecule has 0 aliphatic carbocycles. The van der Waals surface area contributed by atoms with Gasteiger partial charge >= 0.3 is 0 Å². The van der Waals surface area contributed by atoms with Crippen molar-refractivity contribution >= 4 is 10.2 Å². The number of hydrogen-bond donors (Lipinski definition) is 2. The fraction of sp³-hybridized carbons (Fsp3) is 0.333. The summed E-state index contributed by atoms with van der Waals surface area (Å²) < 4.78 is 28.5. The van der Waals surface area contributed by atoms with E-state index in [9.17, 15) is 8.42 Å². The molecule has 1 rings (SSSR count). The average molecular weight is 230 g/mol. The predicted molar refractivity (Wildman–Crippen MR) is 57.8 cm³/mol. The van der Waals surface area contributed by atoms with E-state index < -0.39 is 10.2 Å². The standard InChI is InChI=1S/C9H14N2O3S/c1-8-4-2-3-5-9(8)14-7-6-11-15(10,12)13/h2-5,11H,6-7H2,1H3,(H2,10,12,13). The molecule has 0 unspecified atom stereocenters. The number of aryl methyl sites for hydroxylation is 1. The second kappa shape index (κ2) is 5.11. The van der Waals surface area contributed by atoms with E-state index in [1.807, 2.05) is 31.2 Å². The molecule has 0 fully saturated rings. The number of hydrogen-bond acceptors (Lipinski definition) is 3. The number of nitrogens with one attached hydrogen (secondary N) is 1. The highest BCUT2D eigenvalue weighted by atomic mass is 32.2. The first-order valence-electron chi connectivity index (χ1n) is 4.45. The van der Waals surface area contributed by atoms with Crippen LogP contribution in [-0.4, -0.2) is 21.6 Å². The summed E-state index contributed by atoms with van der Waals surface area (Å²) in [6.45, 7) is 2.33. The lowest BCUT2D eigenvalue weighted by molar-refractivity contribution is 0.320. The van der Waals surface area contributed by atoms with Gasteiger partial charge in [-0.25, -0.2) is 5.14 Å². The number of para-hydroxylation sites is 1. The molecule has 15 heavy (non-hydrogen) atoms. The highest BCUT2D eigenvalue weighted by Crippen LogP contribution is 2.15. The molecule has 1 aromatic rings. The minimum atomic E-state index is -3.62. The Bertz CT molecular complexity index is 417. The summed E-state index contributed by atoms with van der Waals surface area (Å²) in [7, 11) is -3.62. The van der Waals surface area contributed by atoms with Gasteiger partial charge in [-0.05, 0) is 18.6 Å². The highest BCUT2D eigenvalue weighted by molar-refractivity contribution is 7.87. The molecule has 0 atom stereocenters. The summed E-state index contributed by atoms with van der Waals surface area (Å²) in [4.78, 5) is 0. The molecule has 0 saturated heterocycles. The van der Waals surface area contributed by atoms with Gasteiger partial charge in [0.2, 0.25) is 0 Å². The maximum atomic E-state index is 10.5. The molecule has 5 nitrogen and oxygen atoms in total. The molecule has 1 aromatic carbocycles. The third-order valence-electron chi connectivity index (χ3n) is 1.76. The quantitative estimate of drug-likeness (QED) is 0.707. The zero-order chi connectivity index (χ0) is 11.3. The van der Waals surface area contributed by atoms with Gasteiger partial charge in [0.05, 0.1) is 0 Å². The second-order valence-electron chi connectivity index (χ2n) is 3.05. The molecule has 0 aliphatic rings. The molecule has 84 valence electrons. The van der Waals surface area contributed by atoms with Gasteiger partial charge in [0.15, 0.2) is 0 Å². The molecular formula is C9H14N2O3S. The lowest BCUT2D eigenvalue weighted by Gasteiger charge is -2.08. The number of benzene rings is 1. The van der Waals surface area contributed by atoms with Crippen LogP contribution < -0.4 is 14.6 Å². The summed E-state index contributed by atoms with van der Waals surface area (Å²) in [6.07, 6.45) is 0. The van der Waals surface area contributed by atoms with Gasteiger partial charge < -0.3 is 4.74 Å². The number of rotatable bonds is 5. The maximum Gasteiger partial charge on any atom is 0.274 e. The van der Waals surface area contributed by atoms with E-state index in [0.717, 1.165) is 11.3 Å². The molecule has 0 bridgehead atoms. The third-order valence-corrected chi connectivity index (χ3v) is 2.36. The minimum absolute atomic E-state index is 0.160. The van der Waals surface area contributed by atoms with Crippen LogP contribution in [0.2, 0.25) is 0 Å². The van der Waals surface area contributed by atoms with E-state index in [1.54, 1.807) is 0 Å². The number of nitrogens with two attached hydrogens (primary N) is 1. The zero-order valence-electron chi connectivity index (χ0n) is 8.43. The second-order valence-corrected chi connectivity index (χ2v) is 4.43. The highest BCUT2D eigenvalue weighted by Gasteiger charge is 2.01. The van der Waals surface area contributed by atoms with Crippen LogP contribution in [0, 0.1) is 6.92 Å². The summed E-state index contributed by atoms with van der Waals surface area (Å²) in [5.74, 6) is 0.744. The topological polar surface area (TPSA) is 81.4 Å². The maximum absolute atomic E-state index is 10.5. The Morgan fingerprint density at radius 3 is 2.67 bits per heavy atom. The summed E-state index contributed by atoms with van der Waals surface area (Å²) >= 11 is 0. The Kier molecular flexibility index (Phi) is 4.07. The van der Waals surface area contributed by atoms with E-state index in [0.29, 0.717) is 0 Å². The Balaban J connectivity index is 2.36. The molecule has 0 aromatic heterocycles. The van der Waals surface area contributed by atoms with Crippen molar-refractivity contribution in [2.24, 2.45) is 5.14 Å². The van der Waals surface area contributed by atoms with E-state index in [1.165, 1.54) is 0 Å². The van der Waals surface area contributed by atoms with Crippen LogP contribution in [0.3, 0.4) is 0 Å². The third kappa shape index (κ3) is 4.78. The van der Waals surface area contributed by atoms with Crippen LogP contribution in [0.5, 0.6) is 5.75 Å². The molecule has 0 amide bonds. The van der Waals surface area contributed by atoms with Crippen LogP contribution in [0.4, 0.5) is 0 Å². The summed E-state index contributed by atoms with van der Waals surface area (Å²) in [5, 5.41) is 4.75. The SMILES string of the molecule is Cc1ccccc1OCCNS(N)(=O)=O. The fourth-order valence-electron chi connectivity index (χ4n) is 1.06. The van der Waals surface area contributed by atoms with Gasteiger partial charge in [-0.3, -0.25) is 0 Å². The Morgan fingerprint density at radius 2 is 2.07 bits per heavy atom. The van der Waals surface area contributed by atoms with Gasteiger partial charge in [0.25, 0.3) is 10.2 Å². The van der Waals surface area contributed by atoms with Gasteiger partial charge in [-0.1, -0.05) is 18.2 Å². The van der Waals surface area contributed by atoms with Gasteiger partial charge in [-0.2, -0.15) is 13.1 Å². The van der Waals surface area contributed by atoms with Crippen LogP contribution in [-0.2, 0) is 10.2 Å². The first-order chi connectivity index (χ1) is 6.99. The molecule has 0 aliphatic heterocycles. The van der Waals surface area contributed by atoms with E-state index in [-0.39, 0.29) is 13.2 Å². The van der Waals surface area contributed by atoms with E-state index in [2.05, 4.69) is 4.72 Å². The van der Waals surface area contributed by atoms with Crippen LogP contribution in [0.15, 0.2) is 24.3 Å². The molecular weight excluding hydrogens is 216 g/mol.